The molecule has 7 atom stereocenters. The molecular formula is C59H66Cl2F2N10O6S. The summed E-state index contributed by atoms with van der Waals surface area (Å²) >= 11 is 14.3. The fraction of sp³-hybridized carbons (Fsp3) is 0.458. The van der Waals surface area contributed by atoms with Crippen molar-refractivity contribution in [1.29, 1.82) is 0 Å². The number of likely N-dealkylation sites (tertiary alicyclic amines) is 2. The summed E-state index contributed by atoms with van der Waals surface area (Å²) in [4.78, 5) is 60.5. The van der Waals surface area contributed by atoms with Crippen LogP contribution in [0.1, 0.15) is 84.2 Å². The molecule has 6 N–H and O–H groups in total. The van der Waals surface area contributed by atoms with Gasteiger partial charge in [-0.15, -0.1) is 11.3 Å². The number of rotatable bonds is 18. The van der Waals surface area contributed by atoms with Crippen LogP contribution in [-0.4, -0.2) is 131 Å². The predicted molar refractivity (Wildman–Crippen MR) is 309 cm³/mol. The number of fused-ring (bicyclic) bond motifs is 4. The van der Waals surface area contributed by atoms with E-state index >= 15 is 8.78 Å². The van der Waals surface area contributed by atoms with E-state index in [0.29, 0.717) is 48.9 Å². The number of anilines is 2. The van der Waals surface area contributed by atoms with Crippen LogP contribution >= 0.6 is 34.5 Å². The minimum absolute atomic E-state index is 0.00501. The zero-order valence-electron chi connectivity index (χ0n) is 45.2. The first-order valence-corrected chi connectivity index (χ1v) is 28.9. The van der Waals surface area contributed by atoms with Crippen LogP contribution in [0.25, 0.3) is 48.1 Å². The van der Waals surface area contributed by atoms with E-state index in [2.05, 4.69) is 35.6 Å². The van der Waals surface area contributed by atoms with Gasteiger partial charge in [0.05, 0.1) is 40.0 Å². The minimum atomic E-state index is -0.975. The van der Waals surface area contributed by atoms with Gasteiger partial charge in [-0.25, -0.2) is 13.6 Å². The smallest absolute Gasteiger partial charge is 0.319 e. The summed E-state index contributed by atoms with van der Waals surface area (Å²) in [6.45, 7) is 18.8. The number of benzene rings is 4. The predicted octanol–water partition coefficient (Wildman–Crippen LogP) is 9.85. The molecule has 2 aromatic heterocycles. The van der Waals surface area contributed by atoms with Crippen LogP contribution in [-0.2, 0) is 19.1 Å². The van der Waals surface area contributed by atoms with E-state index in [-0.39, 0.29) is 105 Å². The average Bonchev–Trinajstić information content (AvgIpc) is 4.26. The largest absolute Gasteiger partial charge is 0.462 e. The molecule has 422 valence electrons. The number of piperazine rings is 1. The molecule has 0 aliphatic carbocycles. The molecule has 21 heteroatoms. The van der Waals surface area contributed by atoms with E-state index < -0.39 is 53.1 Å². The van der Waals surface area contributed by atoms with Gasteiger partial charge in [-0.1, -0.05) is 92.5 Å². The monoisotopic (exact) mass is 1150 g/mol. The van der Waals surface area contributed by atoms with E-state index in [0.717, 1.165) is 60.3 Å². The molecule has 2 bridgehead atoms. The molecule has 4 fully saturated rings. The molecule has 6 heterocycles. The number of carbonyl (C=O) groups excluding carboxylic acids is 3. The summed E-state index contributed by atoms with van der Waals surface area (Å²) in [6, 6.07) is 17.8. The highest BCUT2D eigenvalue weighted by atomic mass is 35.5. The van der Waals surface area contributed by atoms with Crippen LogP contribution in [0, 0.1) is 23.6 Å². The number of β-amino-alcohol motifs (C(OH)–C–C–N with tert-alkyl or cyclic N) is 1. The van der Waals surface area contributed by atoms with Gasteiger partial charge in [0.1, 0.15) is 35.8 Å². The number of ether oxygens (including phenoxy) is 2. The Balaban J connectivity index is 0.735. The van der Waals surface area contributed by atoms with E-state index in [4.69, 9.17) is 50.0 Å². The number of nitrogens with one attached hydrogen (secondary N) is 3. The molecule has 4 saturated heterocycles. The molecular weight excluding hydrogens is 1090 g/mol. The molecule has 0 radical (unpaired) electrons. The topological polar surface area (TPSA) is 192 Å². The maximum atomic E-state index is 17.3. The van der Waals surface area contributed by atoms with Crippen LogP contribution < -0.4 is 31.3 Å². The highest BCUT2D eigenvalue weighted by Crippen LogP contribution is 2.49. The summed E-state index contributed by atoms with van der Waals surface area (Å²) < 4.78 is 44.8. The first-order chi connectivity index (χ1) is 38.4. The lowest BCUT2D eigenvalue weighted by Crippen LogP contribution is -2.58. The van der Waals surface area contributed by atoms with Crippen LogP contribution in [0.15, 0.2) is 66.7 Å². The Labute approximate surface area is 478 Å². The van der Waals surface area contributed by atoms with Gasteiger partial charge in [-0.2, -0.15) is 9.97 Å². The maximum Gasteiger partial charge on any atom is 0.319 e. The molecule has 0 saturated carbocycles. The Kier molecular flexibility index (Phi) is 17.2. The Bertz CT molecular complexity index is 3350. The summed E-state index contributed by atoms with van der Waals surface area (Å²) in [7, 11) is 0. The number of halogens is 4. The van der Waals surface area contributed by atoms with Crippen LogP contribution in [0.4, 0.5) is 25.3 Å². The van der Waals surface area contributed by atoms with Gasteiger partial charge in [-0.3, -0.25) is 19.3 Å². The lowest BCUT2D eigenvalue weighted by atomic mass is 9.85. The number of nitrogens with zero attached hydrogens (tertiary/aromatic N) is 6. The van der Waals surface area contributed by atoms with Gasteiger partial charge < -0.3 is 46.1 Å². The second-order valence-corrected chi connectivity index (χ2v) is 24.4. The maximum absolute atomic E-state index is 17.3. The molecule has 10 rings (SSSR count). The summed E-state index contributed by atoms with van der Waals surface area (Å²) in [5, 5.41) is 21.8. The first-order valence-electron chi connectivity index (χ1n) is 27.3. The normalized spacial score (nSPS) is 21.0. The van der Waals surface area contributed by atoms with Crippen LogP contribution in [0.2, 0.25) is 10.0 Å². The molecule has 4 aliphatic heterocycles. The molecule has 16 nitrogen and oxygen atoms in total. The lowest BCUT2D eigenvalue weighted by Gasteiger charge is -2.35. The van der Waals surface area contributed by atoms with Crippen molar-refractivity contribution in [2.45, 2.75) is 115 Å². The van der Waals surface area contributed by atoms with E-state index in [1.165, 1.54) is 17.0 Å². The molecule has 6 aromatic rings. The summed E-state index contributed by atoms with van der Waals surface area (Å²) in [6.07, 6.45) is 3.68. The minimum Gasteiger partial charge on any atom is -0.462 e. The van der Waals surface area contributed by atoms with E-state index in [1.54, 1.807) is 6.07 Å². The van der Waals surface area contributed by atoms with Gasteiger partial charge >= 0.3 is 6.01 Å². The number of hydrogen-bond donors (Lipinski definition) is 5. The lowest BCUT2D eigenvalue weighted by molar-refractivity contribution is -0.144. The molecule has 0 spiro atoms. The number of nitrogen functional groups attached to an aromatic ring is 1. The number of hydrogen-bond acceptors (Lipinski definition) is 13. The summed E-state index contributed by atoms with van der Waals surface area (Å²) in [5.74, 6) is -2.02. The fourth-order valence-corrected chi connectivity index (χ4v) is 13.2. The first kappa shape index (κ1) is 57.0. The van der Waals surface area contributed by atoms with Crippen molar-refractivity contribution in [3.8, 4) is 28.3 Å². The van der Waals surface area contributed by atoms with E-state index in [1.807, 2.05) is 76.2 Å². The van der Waals surface area contributed by atoms with Gasteiger partial charge in [0.15, 0.2) is 5.82 Å². The Morgan fingerprint density at radius 2 is 1.73 bits per heavy atom. The summed E-state index contributed by atoms with van der Waals surface area (Å²) in [5.41, 5.74) is 8.37. The third-order valence-electron chi connectivity index (χ3n) is 15.9. The van der Waals surface area contributed by atoms with Crippen molar-refractivity contribution < 1.29 is 37.7 Å². The van der Waals surface area contributed by atoms with Crippen molar-refractivity contribution in [1.82, 2.24) is 35.7 Å². The average molecular weight is 1150 g/mol. The van der Waals surface area contributed by atoms with Gasteiger partial charge in [0.25, 0.3) is 0 Å². The van der Waals surface area contributed by atoms with E-state index in [9.17, 15) is 19.5 Å². The molecule has 4 aromatic carbocycles. The number of nitrogens with two attached hydrogens (primary N) is 1. The molecule has 2 unspecified atom stereocenters. The van der Waals surface area contributed by atoms with Crippen LogP contribution in [0.3, 0.4) is 0 Å². The number of aromatic nitrogens is 2. The zero-order valence-corrected chi connectivity index (χ0v) is 47.5. The second-order valence-electron chi connectivity index (χ2n) is 22.5. The number of aliphatic hydroxyl groups excluding tert-OH is 1. The third-order valence-corrected chi connectivity index (χ3v) is 17.5. The highest BCUT2D eigenvalue weighted by Gasteiger charge is 2.45. The van der Waals surface area contributed by atoms with Crippen LogP contribution in [0.5, 0.6) is 6.01 Å². The molecule has 4 aliphatic rings. The Morgan fingerprint density at radius 1 is 0.975 bits per heavy atom. The van der Waals surface area contributed by atoms with Crippen molar-refractivity contribution in [2.24, 2.45) is 5.41 Å². The number of aliphatic hydroxyl groups is 1. The van der Waals surface area contributed by atoms with Gasteiger partial charge in [-0.05, 0) is 85.9 Å². The van der Waals surface area contributed by atoms with Crippen molar-refractivity contribution in [2.75, 3.05) is 63.2 Å². The van der Waals surface area contributed by atoms with Crippen molar-refractivity contribution >= 4 is 89.8 Å². The highest BCUT2D eigenvalue weighted by molar-refractivity contribution is 7.23. The number of amides is 3. The second kappa shape index (κ2) is 24.1. The quantitative estimate of drug-likeness (QED) is 0.0405. The van der Waals surface area contributed by atoms with Gasteiger partial charge in [0, 0.05) is 90.7 Å². The Morgan fingerprint density at radius 3 is 2.45 bits per heavy atom. The van der Waals surface area contributed by atoms with Crippen molar-refractivity contribution in [3.05, 3.63) is 105 Å². The fourth-order valence-electron chi connectivity index (χ4n) is 11.8. The molecule has 80 heavy (non-hydrogen) atoms. The SMILES string of the molecule is [C-]#[N+]c1c(N)sc2c(F)ccc(-c3c(Cl)cc4c(N5CC6CCC(C5)N6)nc(OC[C@@H]5CCCN5CCCOCCC(=O)N[C@H](C(=O)N5C[C@H](O)C[C@H]5C(=O)N[C@@H](C)c5ccc(-c6ccccc6Cl)cc5)C(C)(C)C)nc4c3F)c12. The number of thiophene rings is 1. The van der Waals surface area contributed by atoms with Crippen molar-refractivity contribution in [3.63, 3.8) is 0 Å². The zero-order chi connectivity index (χ0) is 56.6. The third kappa shape index (κ3) is 12.0. The van der Waals surface area contributed by atoms with Gasteiger partial charge in [0.2, 0.25) is 23.4 Å². The number of carbonyl (C=O) groups is 3. The molecule has 3 amide bonds. The Hall–Kier alpha value is -6.24. The standard InChI is InChI=1S/C59H66Cl2F2N10O6S/c1-32(33-13-15-34(16-14-33)39-11-6-7-12-42(39)60)66-56(76)45-26-38(74)30-73(45)57(77)53(59(2,3)4)68-46(75)21-25-78-24-9-23-71-22-8-10-37(71)31-79-58-69-50-41(55(70-58)72-28-35-17-18-36(29-72)67-35)27-43(61)47(49(50)63)40-19-20-44(62)52-48(40)51(65-5)54(64)80-52/h6-7,11-16,19-20,27,32,35-38,45,53,67,74H,8-10,17-18,21-26,28-31,64H2,1-4H3,(H,66,76)(H,68,75)/t32-,35?,36?,37-,38+,45-,53+/m0/s1.